The summed E-state index contributed by atoms with van der Waals surface area (Å²) in [5.41, 5.74) is 3.57. The van der Waals surface area contributed by atoms with Gasteiger partial charge in [0, 0.05) is 24.7 Å². The number of carbonyl (C=O) groups is 3. The number of para-hydroxylation sites is 1. The van der Waals surface area contributed by atoms with Crippen LogP contribution in [0.5, 0.6) is 5.88 Å². The van der Waals surface area contributed by atoms with Gasteiger partial charge in [-0.05, 0) is 42.2 Å². The van der Waals surface area contributed by atoms with Crippen LogP contribution < -0.4 is 20.3 Å². The van der Waals surface area contributed by atoms with Gasteiger partial charge in [-0.25, -0.2) is 9.78 Å². The second-order valence-electron chi connectivity index (χ2n) is 9.14. The first-order valence-corrected chi connectivity index (χ1v) is 12.6. The number of amides is 4. The molecule has 0 spiro atoms. The molecule has 2 aliphatic heterocycles. The molecule has 1 aromatic heterocycles. The lowest BCUT2D eigenvalue weighted by atomic mass is 9.95. The Hall–Kier alpha value is -4.66. The normalized spacial score (nSPS) is 16.8. The Morgan fingerprint density at radius 2 is 1.74 bits per heavy atom. The SMILES string of the molecule is COc1ccc(NC(=O)NC2C=C(c3ccccc3)c3ccccc3N(CC(=O)N3CCCC3)C2=O)cn1. The summed E-state index contributed by atoms with van der Waals surface area (Å²) >= 11 is 0. The van der Waals surface area contributed by atoms with E-state index >= 15 is 0 Å². The second kappa shape index (κ2) is 11.2. The van der Waals surface area contributed by atoms with Gasteiger partial charge in [-0.3, -0.25) is 9.59 Å². The smallest absolute Gasteiger partial charge is 0.320 e. The Kier molecular flexibility index (Phi) is 7.35. The predicted octanol–water partition coefficient (Wildman–Crippen LogP) is 3.68. The van der Waals surface area contributed by atoms with Gasteiger partial charge in [-0.15, -0.1) is 0 Å². The molecule has 1 unspecified atom stereocenters. The minimum Gasteiger partial charge on any atom is -0.481 e. The highest BCUT2D eigenvalue weighted by Gasteiger charge is 2.34. The first-order chi connectivity index (χ1) is 18.5. The van der Waals surface area contributed by atoms with Gasteiger partial charge in [-0.2, -0.15) is 0 Å². The maximum absolute atomic E-state index is 13.9. The molecule has 1 atom stereocenters. The minimum atomic E-state index is -1.02. The highest BCUT2D eigenvalue weighted by Crippen LogP contribution is 2.35. The maximum Gasteiger partial charge on any atom is 0.320 e. The molecule has 5 rings (SSSR count). The summed E-state index contributed by atoms with van der Waals surface area (Å²) in [6.07, 6.45) is 5.14. The van der Waals surface area contributed by atoms with Gasteiger partial charge in [-0.1, -0.05) is 48.5 Å². The lowest BCUT2D eigenvalue weighted by Gasteiger charge is -2.27. The molecule has 194 valence electrons. The van der Waals surface area contributed by atoms with Crippen LogP contribution in [-0.2, 0) is 9.59 Å². The number of nitrogens with one attached hydrogen (secondary N) is 2. The number of methoxy groups -OCH3 is 1. The molecular weight excluding hydrogens is 482 g/mol. The number of benzene rings is 2. The van der Waals surface area contributed by atoms with Crippen LogP contribution in [0.2, 0.25) is 0 Å². The quantitative estimate of drug-likeness (QED) is 0.526. The number of fused-ring (bicyclic) bond motifs is 1. The zero-order valence-electron chi connectivity index (χ0n) is 21.1. The monoisotopic (exact) mass is 511 g/mol. The molecule has 3 heterocycles. The highest BCUT2D eigenvalue weighted by atomic mass is 16.5. The van der Waals surface area contributed by atoms with E-state index in [0.29, 0.717) is 30.3 Å². The molecule has 9 heteroatoms. The first-order valence-electron chi connectivity index (χ1n) is 12.6. The third kappa shape index (κ3) is 5.36. The Morgan fingerprint density at radius 1 is 1.00 bits per heavy atom. The Balaban J connectivity index is 1.49. The Bertz CT molecular complexity index is 1350. The molecule has 38 heavy (non-hydrogen) atoms. The number of urea groups is 1. The molecule has 3 aromatic rings. The van der Waals surface area contributed by atoms with E-state index in [1.807, 2.05) is 54.6 Å². The van der Waals surface area contributed by atoms with E-state index in [9.17, 15) is 14.4 Å². The predicted molar refractivity (Wildman–Crippen MR) is 145 cm³/mol. The number of hydrogen-bond acceptors (Lipinski definition) is 5. The lowest BCUT2D eigenvalue weighted by molar-refractivity contribution is -0.130. The Morgan fingerprint density at radius 3 is 2.45 bits per heavy atom. The molecule has 0 radical (unpaired) electrons. The average Bonchev–Trinajstić information content (AvgIpc) is 3.47. The van der Waals surface area contributed by atoms with Gasteiger partial charge in [0.05, 0.1) is 24.7 Å². The molecule has 2 aliphatic rings. The van der Waals surface area contributed by atoms with Crippen molar-refractivity contribution in [2.24, 2.45) is 0 Å². The van der Waals surface area contributed by atoms with E-state index in [-0.39, 0.29) is 18.4 Å². The van der Waals surface area contributed by atoms with Crippen molar-refractivity contribution in [1.82, 2.24) is 15.2 Å². The number of anilines is 2. The molecule has 0 aliphatic carbocycles. The number of hydrogen-bond donors (Lipinski definition) is 2. The highest BCUT2D eigenvalue weighted by molar-refractivity contribution is 6.09. The average molecular weight is 512 g/mol. The number of nitrogens with zero attached hydrogens (tertiary/aromatic N) is 3. The maximum atomic E-state index is 13.9. The summed E-state index contributed by atoms with van der Waals surface area (Å²) in [4.78, 5) is 47.5. The van der Waals surface area contributed by atoms with Gasteiger partial charge in [0.1, 0.15) is 12.6 Å². The number of ether oxygens (including phenoxy) is 1. The third-order valence-electron chi connectivity index (χ3n) is 6.68. The molecule has 2 N–H and O–H groups in total. The van der Waals surface area contributed by atoms with Crippen LogP contribution >= 0.6 is 0 Å². The van der Waals surface area contributed by atoms with Crippen LogP contribution in [0, 0.1) is 0 Å². The van der Waals surface area contributed by atoms with Crippen molar-refractivity contribution < 1.29 is 19.1 Å². The largest absolute Gasteiger partial charge is 0.481 e. The fraction of sp³-hybridized carbons (Fsp3) is 0.241. The number of rotatable bonds is 6. The van der Waals surface area contributed by atoms with Crippen molar-refractivity contribution in [2.75, 3.05) is 37.0 Å². The molecular formula is C29H29N5O4. The molecule has 4 amide bonds. The summed E-state index contributed by atoms with van der Waals surface area (Å²) in [6, 6.07) is 18.9. The van der Waals surface area contributed by atoms with E-state index in [1.54, 1.807) is 23.1 Å². The van der Waals surface area contributed by atoms with E-state index < -0.39 is 12.1 Å². The van der Waals surface area contributed by atoms with Gasteiger partial charge in [0.15, 0.2) is 0 Å². The van der Waals surface area contributed by atoms with Crippen molar-refractivity contribution in [2.45, 2.75) is 18.9 Å². The van der Waals surface area contributed by atoms with Crippen LogP contribution in [0.3, 0.4) is 0 Å². The number of carbonyl (C=O) groups excluding carboxylic acids is 3. The molecule has 9 nitrogen and oxygen atoms in total. The van der Waals surface area contributed by atoms with Crippen LogP contribution in [-0.4, -0.2) is 60.5 Å². The van der Waals surface area contributed by atoms with Gasteiger partial charge in [0.2, 0.25) is 11.8 Å². The zero-order chi connectivity index (χ0) is 26.5. The van der Waals surface area contributed by atoms with Crippen LogP contribution in [0.15, 0.2) is 79.0 Å². The van der Waals surface area contributed by atoms with Gasteiger partial charge < -0.3 is 25.2 Å². The Labute approximate surface area is 221 Å². The summed E-state index contributed by atoms with van der Waals surface area (Å²) < 4.78 is 5.06. The van der Waals surface area contributed by atoms with E-state index in [0.717, 1.165) is 29.5 Å². The first kappa shape index (κ1) is 25.0. The summed E-state index contributed by atoms with van der Waals surface area (Å²) in [5, 5.41) is 5.51. The fourth-order valence-electron chi connectivity index (χ4n) is 4.77. The van der Waals surface area contributed by atoms with Crippen LogP contribution in [0.1, 0.15) is 24.0 Å². The summed E-state index contributed by atoms with van der Waals surface area (Å²) in [5.74, 6) is -0.0818. The topological polar surface area (TPSA) is 104 Å². The standard InChI is InChI=1S/C29H29N5O4/c1-38-26-14-13-21(18-30-26)31-29(37)32-24-17-23(20-9-3-2-4-10-20)22-11-5-6-12-25(22)34(28(24)36)19-27(35)33-15-7-8-16-33/h2-6,9-14,17-18,24H,7-8,15-16,19H2,1H3,(H2,31,32,37). The second-order valence-corrected chi connectivity index (χ2v) is 9.14. The van der Waals surface area contributed by atoms with E-state index in [2.05, 4.69) is 15.6 Å². The minimum absolute atomic E-state index is 0.103. The molecule has 2 aromatic carbocycles. The number of aromatic nitrogens is 1. The molecule has 0 saturated carbocycles. The van der Waals surface area contributed by atoms with Crippen molar-refractivity contribution >= 4 is 34.8 Å². The lowest BCUT2D eigenvalue weighted by Crippen LogP contribution is -2.51. The zero-order valence-corrected chi connectivity index (χ0v) is 21.1. The van der Waals surface area contributed by atoms with E-state index in [1.165, 1.54) is 18.2 Å². The van der Waals surface area contributed by atoms with Crippen LogP contribution in [0.25, 0.3) is 5.57 Å². The summed E-state index contributed by atoms with van der Waals surface area (Å²) in [7, 11) is 1.51. The van der Waals surface area contributed by atoms with Crippen molar-refractivity contribution in [3.8, 4) is 5.88 Å². The third-order valence-corrected chi connectivity index (χ3v) is 6.68. The van der Waals surface area contributed by atoms with Gasteiger partial charge in [0.25, 0.3) is 5.91 Å². The van der Waals surface area contributed by atoms with Crippen molar-refractivity contribution in [3.05, 3.63) is 90.1 Å². The molecule has 0 bridgehead atoms. The van der Waals surface area contributed by atoms with Crippen LogP contribution in [0.4, 0.5) is 16.2 Å². The van der Waals surface area contributed by atoms with Crippen molar-refractivity contribution in [1.29, 1.82) is 0 Å². The molecule has 1 saturated heterocycles. The molecule has 1 fully saturated rings. The number of pyridine rings is 1. The fourth-order valence-corrected chi connectivity index (χ4v) is 4.77. The van der Waals surface area contributed by atoms with E-state index in [4.69, 9.17) is 4.74 Å². The van der Waals surface area contributed by atoms with Crippen molar-refractivity contribution in [3.63, 3.8) is 0 Å². The number of likely N-dealkylation sites (tertiary alicyclic amines) is 1. The summed E-state index contributed by atoms with van der Waals surface area (Å²) in [6.45, 7) is 1.28. The van der Waals surface area contributed by atoms with Gasteiger partial charge >= 0.3 is 6.03 Å².